The van der Waals surface area contributed by atoms with Crippen LogP contribution in [0.1, 0.15) is 16.8 Å². The molecule has 2 aromatic rings. The van der Waals surface area contributed by atoms with Crippen molar-refractivity contribution in [1.29, 1.82) is 0 Å². The number of carbonyl (C=O) groups is 2. The molecule has 0 spiro atoms. The standard InChI is InChI=1S/C13H13N3O3S/c17-11(15-13(12(18)19)3-4-20-7-13)8-1-2-9-6-14-16-10(9)5-8/h1-2,5-6H,3-4,7H2,(H,14,16)(H,15,17)(H,18,19). The summed E-state index contributed by atoms with van der Waals surface area (Å²) in [6, 6.07) is 5.13. The Morgan fingerprint density at radius 3 is 3.00 bits per heavy atom. The fourth-order valence-electron chi connectivity index (χ4n) is 2.25. The summed E-state index contributed by atoms with van der Waals surface area (Å²) in [6.45, 7) is 0. The normalized spacial score (nSPS) is 22.0. The van der Waals surface area contributed by atoms with Gasteiger partial charge < -0.3 is 10.4 Å². The maximum absolute atomic E-state index is 12.3. The zero-order valence-corrected chi connectivity index (χ0v) is 11.4. The van der Waals surface area contributed by atoms with Crippen LogP contribution in [0.25, 0.3) is 10.9 Å². The van der Waals surface area contributed by atoms with Crippen LogP contribution in [-0.4, -0.2) is 44.2 Å². The summed E-state index contributed by atoms with van der Waals surface area (Å²) in [5, 5.41) is 19.6. The van der Waals surface area contributed by atoms with Crippen molar-refractivity contribution in [2.24, 2.45) is 0 Å². The van der Waals surface area contributed by atoms with Gasteiger partial charge in [0.1, 0.15) is 5.54 Å². The number of rotatable bonds is 3. The maximum Gasteiger partial charge on any atom is 0.330 e. The minimum atomic E-state index is -1.15. The Morgan fingerprint density at radius 2 is 2.30 bits per heavy atom. The number of hydrogen-bond donors (Lipinski definition) is 3. The molecule has 0 saturated carbocycles. The maximum atomic E-state index is 12.3. The quantitative estimate of drug-likeness (QED) is 0.791. The van der Waals surface area contributed by atoms with Gasteiger partial charge in [0, 0.05) is 16.7 Å². The van der Waals surface area contributed by atoms with E-state index in [1.165, 1.54) is 11.8 Å². The molecule has 1 atom stereocenters. The number of aromatic nitrogens is 2. The van der Waals surface area contributed by atoms with Crippen LogP contribution in [0.15, 0.2) is 24.4 Å². The lowest BCUT2D eigenvalue weighted by Crippen LogP contribution is -2.54. The molecule has 3 N–H and O–H groups in total. The van der Waals surface area contributed by atoms with Crippen molar-refractivity contribution in [3.63, 3.8) is 0 Å². The number of carbonyl (C=O) groups excluding carboxylic acids is 1. The molecule has 1 aliphatic heterocycles. The molecule has 2 heterocycles. The molecule has 3 rings (SSSR count). The second-order valence-corrected chi connectivity index (χ2v) is 5.92. The summed E-state index contributed by atoms with van der Waals surface area (Å²) in [4.78, 5) is 23.7. The van der Waals surface area contributed by atoms with Gasteiger partial charge in [0.2, 0.25) is 0 Å². The summed E-state index contributed by atoms with van der Waals surface area (Å²) in [5.74, 6) is -0.197. The molecule has 0 aliphatic carbocycles. The van der Waals surface area contributed by atoms with Crippen molar-refractivity contribution in [3.05, 3.63) is 30.0 Å². The van der Waals surface area contributed by atoms with E-state index in [9.17, 15) is 14.7 Å². The van der Waals surface area contributed by atoms with Crippen molar-refractivity contribution in [2.75, 3.05) is 11.5 Å². The minimum Gasteiger partial charge on any atom is -0.479 e. The number of benzene rings is 1. The first-order valence-corrected chi connectivity index (χ1v) is 7.33. The first kappa shape index (κ1) is 13.0. The molecule has 1 fully saturated rings. The predicted molar refractivity (Wildman–Crippen MR) is 75.9 cm³/mol. The van der Waals surface area contributed by atoms with Crippen LogP contribution in [0.3, 0.4) is 0 Å². The van der Waals surface area contributed by atoms with Gasteiger partial charge in [-0.1, -0.05) is 6.07 Å². The molecular formula is C13H13N3O3S. The van der Waals surface area contributed by atoms with Crippen LogP contribution in [0.4, 0.5) is 0 Å². The molecule has 6 nitrogen and oxygen atoms in total. The lowest BCUT2D eigenvalue weighted by molar-refractivity contribution is -0.143. The van der Waals surface area contributed by atoms with Gasteiger partial charge in [-0.25, -0.2) is 4.79 Å². The second-order valence-electron chi connectivity index (χ2n) is 4.82. The summed E-state index contributed by atoms with van der Waals surface area (Å²) < 4.78 is 0. The zero-order valence-electron chi connectivity index (χ0n) is 10.5. The van der Waals surface area contributed by atoms with Crippen LogP contribution in [0.2, 0.25) is 0 Å². The van der Waals surface area contributed by atoms with E-state index >= 15 is 0 Å². The van der Waals surface area contributed by atoms with E-state index in [0.717, 1.165) is 16.7 Å². The van der Waals surface area contributed by atoms with Crippen LogP contribution >= 0.6 is 11.8 Å². The molecule has 7 heteroatoms. The number of fused-ring (bicyclic) bond motifs is 1. The minimum absolute atomic E-state index is 0.369. The molecule has 20 heavy (non-hydrogen) atoms. The molecule has 1 aromatic heterocycles. The number of aliphatic carboxylic acids is 1. The Bertz CT molecular complexity index is 676. The van der Waals surface area contributed by atoms with E-state index in [1.807, 2.05) is 0 Å². The fraction of sp³-hybridized carbons (Fsp3) is 0.308. The number of nitrogens with zero attached hydrogens (tertiary/aromatic N) is 1. The smallest absolute Gasteiger partial charge is 0.330 e. The van der Waals surface area contributed by atoms with E-state index in [-0.39, 0.29) is 5.91 Å². The highest BCUT2D eigenvalue weighted by Gasteiger charge is 2.43. The van der Waals surface area contributed by atoms with Gasteiger partial charge in [0.15, 0.2) is 0 Å². The summed E-state index contributed by atoms with van der Waals surface area (Å²) in [5.41, 5.74) is 0.0344. The van der Waals surface area contributed by atoms with Crippen LogP contribution in [0.5, 0.6) is 0 Å². The Kier molecular flexibility index (Phi) is 3.13. The molecular weight excluding hydrogens is 278 g/mol. The molecule has 1 aromatic carbocycles. The number of aromatic amines is 1. The molecule has 0 radical (unpaired) electrons. The Morgan fingerprint density at radius 1 is 1.45 bits per heavy atom. The molecule has 0 bridgehead atoms. The van der Waals surface area contributed by atoms with Crippen LogP contribution < -0.4 is 5.32 Å². The van der Waals surface area contributed by atoms with E-state index in [1.54, 1.807) is 24.4 Å². The molecule has 104 valence electrons. The van der Waals surface area contributed by atoms with Crippen LogP contribution in [0, 0.1) is 0 Å². The van der Waals surface area contributed by atoms with Gasteiger partial charge >= 0.3 is 5.97 Å². The average molecular weight is 291 g/mol. The Balaban J connectivity index is 1.86. The van der Waals surface area contributed by atoms with Crippen molar-refractivity contribution >= 4 is 34.5 Å². The van der Waals surface area contributed by atoms with Crippen molar-refractivity contribution in [1.82, 2.24) is 15.5 Å². The van der Waals surface area contributed by atoms with Gasteiger partial charge in [-0.15, -0.1) is 0 Å². The first-order valence-electron chi connectivity index (χ1n) is 6.17. The highest BCUT2D eigenvalue weighted by atomic mass is 32.2. The monoisotopic (exact) mass is 291 g/mol. The van der Waals surface area contributed by atoms with E-state index in [0.29, 0.717) is 17.7 Å². The number of carboxylic acids is 1. The number of carboxylic acid groups (broad SMARTS) is 1. The summed E-state index contributed by atoms with van der Waals surface area (Å²) in [6.07, 6.45) is 2.12. The molecule has 1 amide bonds. The van der Waals surface area contributed by atoms with E-state index in [4.69, 9.17) is 0 Å². The lowest BCUT2D eigenvalue weighted by Gasteiger charge is -2.24. The SMILES string of the molecule is O=C(NC1(C(=O)O)CCSC1)c1ccc2cn[nH]c2c1. The van der Waals surface area contributed by atoms with Gasteiger partial charge in [-0.05, 0) is 24.3 Å². The van der Waals surface area contributed by atoms with Gasteiger partial charge in [0.05, 0.1) is 11.7 Å². The Labute approximate surface area is 118 Å². The van der Waals surface area contributed by atoms with E-state index < -0.39 is 11.5 Å². The Hall–Kier alpha value is -2.02. The highest BCUT2D eigenvalue weighted by molar-refractivity contribution is 7.99. The molecule has 1 aliphatic rings. The number of nitrogens with one attached hydrogen (secondary N) is 2. The van der Waals surface area contributed by atoms with Crippen molar-refractivity contribution in [3.8, 4) is 0 Å². The van der Waals surface area contributed by atoms with Crippen LogP contribution in [-0.2, 0) is 4.79 Å². The third-order valence-corrected chi connectivity index (χ3v) is 4.68. The highest BCUT2D eigenvalue weighted by Crippen LogP contribution is 2.28. The molecule has 1 saturated heterocycles. The lowest BCUT2D eigenvalue weighted by atomic mass is 9.98. The van der Waals surface area contributed by atoms with Crippen molar-refractivity contribution in [2.45, 2.75) is 12.0 Å². The number of amides is 1. The first-order chi connectivity index (χ1) is 9.61. The number of thioether (sulfide) groups is 1. The molecule has 1 unspecified atom stereocenters. The van der Waals surface area contributed by atoms with Gasteiger partial charge in [-0.2, -0.15) is 16.9 Å². The number of hydrogen-bond acceptors (Lipinski definition) is 4. The fourth-order valence-corrected chi connectivity index (χ4v) is 3.58. The summed E-state index contributed by atoms with van der Waals surface area (Å²) >= 11 is 1.54. The largest absolute Gasteiger partial charge is 0.479 e. The third-order valence-electron chi connectivity index (χ3n) is 3.49. The topological polar surface area (TPSA) is 95.1 Å². The summed E-state index contributed by atoms with van der Waals surface area (Å²) in [7, 11) is 0. The van der Waals surface area contributed by atoms with E-state index in [2.05, 4.69) is 15.5 Å². The van der Waals surface area contributed by atoms with Gasteiger partial charge in [0.25, 0.3) is 5.91 Å². The zero-order chi connectivity index (χ0) is 14.2. The van der Waals surface area contributed by atoms with Crippen molar-refractivity contribution < 1.29 is 14.7 Å². The predicted octanol–water partition coefficient (Wildman–Crippen LogP) is 1.25. The number of H-pyrrole nitrogens is 1. The average Bonchev–Trinajstić information content (AvgIpc) is 3.06. The van der Waals surface area contributed by atoms with Gasteiger partial charge in [-0.3, -0.25) is 9.89 Å². The third kappa shape index (κ3) is 2.14. The second kappa shape index (κ2) is 4.82.